The Hall–Kier alpha value is -3.35. The van der Waals surface area contributed by atoms with Crippen molar-refractivity contribution in [3.63, 3.8) is 0 Å². The molecule has 0 bridgehead atoms. The number of carbonyl (C=O) groups excluding carboxylic acids is 2. The van der Waals surface area contributed by atoms with E-state index in [2.05, 4.69) is 21.4 Å². The second-order valence-corrected chi connectivity index (χ2v) is 7.24. The quantitative estimate of drug-likeness (QED) is 0.487. The zero-order valence-electron chi connectivity index (χ0n) is 17.4. The molecule has 1 fully saturated rings. The number of nitrogens with zero attached hydrogens (tertiary/aromatic N) is 4. The highest BCUT2D eigenvalue weighted by molar-refractivity contribution is 6.00. The third kappa shape index (κ3) is 6.07. The van der Waals surface area contributed by atoms with Crippen LogP contribution in [0.15, 0.2) is 30.5 Å². The highest BCUT2D eigenvalue weighted by Crippen LogP contribution is 2.21. The first-order chi connectivity index (χ1) is 15.1. The molecule has 1 atom stereocenters. The minimum absolute atomic E-state index is 0.172. The zero-order chi connectivity index (χ0) is 22.1. The molecule has 0 unspecified atom stereocenters. The van der Waals surface area contributed by atoms with Gasteiger partial charge in [-0.15, -0.1) is 0 Å². The molecule has 9 nitrogen and oxygen atoms in total. The van der Waals surface area contributed by atoms with Crippen molar-refractivity contribution in [2.45, 2.75) is 19.3 Å². The Morgan fingerprint density at radius 3 is 3.06 bits per heavy atom. The number of methoxy groups -OCH3 is 1. The van der Waals surface area contributed by atoms with Crippen molar-refractivity contribution in [2.24, 2.45) is 5.92 Å². The molecule has 2 amide bonds. The second-order valence-electron chi connectivity index (χ2n) is 7.24. The van der Waals surface area contributed by atoms with E-state index >= 15 is 0 Å². The lowest BCUT2D eigenvalue weighted by Crippen LogP contribution is -2.39. The Balaban J connectivity index is 1.81. The van der Waals surface area contributed by atoms with Gasteiger partial charge in [0.25, 0.3) is 0 Å². The maximum absolute atomic E-state index is 13.1. The molecular weight excluding hydrogens is 398 g/mol. The van der Waals surface area contributed by atoms with Crippen molar-refractivity contribution >= 4 is 24.0 Å². The molecule has 2 aromatic rings. The average molecular weight is 423 g/mol. The minimum Gasteiger partial charge on any atom is -0.385 e. The summed E-state index contributed by atoms with van der Waals surface area (Å²) in [5.41, 5.74) is 1.51. The molecule has 0 spiro atoms. The minimum atomic E-state index is -0.414. The van der Waals surface area contributed by atoms with E-state index in [1.807, 2.05) is 0 Å². The van der Waals surface area contributed by atoms with Gasteiger partial charge in [-0.2, -0.15) is 5.26 Å². The lowest BCUT2D eigenvalue weighted by Gasteiger charge is -2.24. The normalized spacial score (nSPS) is 15.3. The van der Waals surface area contributed by atoms with Crippen molar-refractivity contribution in [1.29, 1.82) is 5.26 Å². The van der Waals surface area contributed by atoms with Gasteiger partial charge in [0.15, 0.2) is 6.29 Å². The van der Waals surface area contributed by atoms with E-state index in [-0.39, 0.29) is 11.6 Å². The highest BCUT2D eigenvalue weighted by Gasteiger charge is 2.25. The van der Waals surface area contributed by atoms with Gasteiger partial charge >= 0.3 is 6.03 Å². The van der Waals surface area contributed by atoms with E-state index in [4.69, 9.17) is 9.47 Å². The van der Waals surface area contributed by atoms with Crippen molar-refractivity contribution in [3.05, 3.63) is 47.3 Å². The van der Waals surface area contributed by atoms with Gasteiger partial charge in [-0.25, -0.2) is 14.8 Å². The summed E-state index contributed by atoms with van der Waals surface area (Å²) in [6.07, 6.45) is 4.33. The molecule has 9 heteroatoms. The summed E-state index contributed by atoms with van der Waals surface area (Å²) in [6, 6.07) is 8.38. The van der Waals surface area contributed by atoms with E-state index in [1.165, 1.54) is 11.1 Å². The number of pyridine rings is 2. The largest absolute Gasteiger partial charge is 0.385 e. The van der Waals surface area contributed by atoms with Crippen molar-refractivity contribution in [2.75, 3.05) is 43.7 Å². The molecule has 0 aliphatic carbocycles. The number of amides is 2. The maximum atomic E-state index is 13.1. The van der Waals surface area contributed by atoms with Crippen LogP contribution in [0.2, 0.25) is 0 Å². The average Bonchev–Trinajstić information content (AvgIpc) is 3.31. The molecule has 1 aliphatic rings. The predicted molar refractivity (Wildman–Crippen MR) is 114 cm³/mol. The van der Waals surface area contributed by atoms with Gasteiger partial charge in [0.2, 0.25) is 0 Å². The molecule has 1 N–H and O–H groups in total. The maximum Gasteiger partial charge on any atom is 0.328 e. The number of aryl methyl sites for hydroxylation is 1. The Morgan fingerprint density at radius 2 is 2.35 bits per heavy atom. The number of carbonyl (C=O) groups is 2. The number of hydrogen-bond donors (Lipinski definition) is 1. The van der Waals surface area contributed by atoms with E-state index in [9.17, 15) is 14.9 Å². The molecule has 0 saturated carbocycles. The third-order valence-electron chi connectivity index (χ3n) is 5.00. The van der Waals surface area contributed by atoms with E-state index in [0.29, 0.717) is 56.3 Å². The fraction of sp³-hybridized carbons (Fsp3) is 0.409. The number of anilines is 2. The second kappa shape index (κ2) is 11.2. The summed E-state index contributed by atoms with van der Waals surface area (Å²) in [4.78, 5) is 34.3. The summed E-state index contributed by atoms with van der Waals surface area (Å²) in [6.45, 7) is 2.20. The number of aromatic nitrogens is 2. The molecule has 0 radical (unpaired) electrons. The van der Waals surface area contributed by atoms with Gasteiger partial charge in [-0.1, -0.05) is 6.07 Å². The van der Waals surface area contributed by atoms with Crippen LogP contribution in [-0.4, -0.2) is 55.8 Å². The van der Waals surface area contributed by atoms with E-state index in [1.54, 1.807) is 31.4 Å². The Bertz CT molecular complexity index is 953. The molecular formula is C22H25N5O4. The Labute approximate surface area is 181 Å². The van der Waals surface area contributed by atoms with Crippen molar-refractivity contribution in [3.8, 4) is 6.07 Å². The van der Waals surface area contributed by atoms with Crippen LogP contribution in [0, 0.1) is 17.2 Å². The van der Waals surface area contributed by atoms with Crippen LogP contribution in [0.3, 0.4) is 0 Å². The topological polar surface area (TPSA) is 117 Å². The third-order valence-corrected chi connectivity index (χ3v) is 5.00. The fourth-order valence-electron chi connectivity index (χ4n) is 3.38. The summed E-state index contributed by atoms with van der Waals surface area (Å²) < 4.78 is 10.5. The molecule has 162 valence electrons. The number of ether oxygens (including phenoxy) is 2. The fourth-order valence-corrected chi connectivity index (χ4v) is 3.38. The Morgan fingerprint density at radius 1 is 1.48 bits per heavy atom. The molecule has 1 saturated heterocycles. The lowest BCUT2D eigenvalue weighted by atomic mass is 10.1. The van der Waals surface area contributed by atoms with Crippen LogP contribution < -0.4 is 10.2 Å². The number of rotatable bonds is 9. The first-order valence-corrected chi connectivity index (χ1v) is 10.1. The van der Waals surface area contributed by atoms with Gasteiger partial charge in [0.05, 0.1) is 12.2 Å². The van der Waals surface area contributed by atoms with Crippen LogP contribution in [0.5, 0.6) is 0 Å². The molecule has 2 aromatic heterocycles. The zero-order valence-corrected chi connectivity index (χ0v) is 17.4. The molecule has 3 heterocycles. The molecule has 0 aromatic carbocycles. The van der Waals surface area contributed by atoms with Gasteiger partial charge in [-0.3, -0.25) is 15.0 Å². The summed E-state index contributed by atoms with van der Waals surface area (Å²) in [5, 5.41) is 12.1. The number of urea groups is 1. The van der Waals surface area contributed by atoms with Gasteiger partial charge in [-0.05, 0) is 43.0 Å². The van der Waals surface area contributed by atoms with Crippen molar-refractivity contribution in [1.82, 2.24) is 9.97 Å². The van der Waals surface area contributed by atoms with Gasteiger partial charge in [0.1, 0.15) is 23.4 Å². The highest BCUT2D eigenvalue weighted by atomic mass is 16.5. The lowest BCUT2D eigenvalue weighted by molar-refractivity contribution is 0.111. The van der Waals surface area contributed by atoms with E-state index in [0.717, 1.165) is 18.4 Å². The van der Waals surface area contributed by atoms with Crippen molar-refractivity contribution < 1.29 is 19.1 Å². The first-order valence-electron chi connectivity index (χ1n) is 10.1. The van der Waals surface area contributed by atoms with Crippen LogP contribution in [0.25, 0.3) is 0 Å². The van der Waals surface area contributed by atoms with Gasteiger partial charge < -0.3 is 9.47 Å². The smallest absolute Gasteiger partial charge is 0.328 e. The van der Waals surface area contributed by atoms with Gasteiger partial charge in [0, 0.05) is 39.0 Å². The summed E-state index contributed by atoms with van der Waals surface area (Å²) in [5.74, 6) is 0.893. The van der Waals surface area contributed by atoms with E-state index < -0.39 is 6.03 Å². The number of nitriles is 1. The monoisotopic (exact) mass is 423 g/mol. The number of hydrogen-bond acceptors (Lipinski definition) is 7. The summed E-state index contributed by atoms with van der Waals surface area (Å²) >= 11 is 0. The van der Waals surface area contributed by atoms with Crippen LogP contribution >= 0.6 is 0 Å². The molecule has 31 heavy (non-hydrogen) atoms. The van der Waals surface area contributed by atoms with Crippen LogP contribution in [0.4, 0.5) is 16.4 Å². The number of aldehydes is 1. The molecule has 1 aliphatic heterocycles. The first kappa shape index (κ1) is 22.3. The predicted octanol–water partition coefficient (Wildman–Crippen LogP) is 2.81. The Kier molecular flexibility index (Phi) is 8.04. The summed E-state index contributed by atoms with van der Waals surface area (Å²) in [7, 11) is 1.63. The molecule has 3 rings (SSSR count). The van der Waals surface area contributed by atoms with Crippen LogP contribution in [0.1, 0.15) is 34.5 Å². The SMILES string of the molecule is COCCCc1cc(NC(=O)N(C[C@H]2CCOC2)c2cccc(C=O)n2)ncc1C#N. The number of nitrogens with one attached hydrogen (secondary N) is 1. The van der Waals surface area contributed by atoms with Crippen LogP contribution in [-0.2, 0) is 15.9 Å². The standard InChI is InChI=1S/C22H25N5O4/c1-30-8-3-4-17-10-20(24-12-18(17)11-23)26-22(29)27(13-16-7-9-31-15-16)21-6-2-5-19(14-28)25-21/h2,5-6,10,12,14,16H,3-4,7-9,13,15H2,1H3,(H,24,26,29)/t16-/m1/s1.